The number of aromatic nitrogens is 3. The molecule has 0 radical (unpaired) electrons. The minimum absolute atomic E-state index is 0.0243. The van der Waals surface area contributed by atoms with Crippen LogP contribution in [0, 0.1) is 0 Å². The summed E-state index contributed by atoms with van der Waals surface area (Å²) in [5.74, 6) is 1.67. The number of benzene rings is 2. The summed E-state index contributed by atoms with van der Waals surface area (Å²) >= 11 is 0. The van der Waals surface area contributed by atoms with Gasteiger partial charge < -0.3 is 10.0 Å². The number of phenols is 1. The number of nitrogens with zero attached hydrogens (tertiary/aromatic N) is 3. The highest BCUT2D eigenvalue weighted by molar-refractivity contribution is 5.96. The summed E-state index contributed by atoms with van der Waals surface area (Å²) < 4.78 is 0. The zero-order valence-electron chi connectivity index (χ0n) is 14.3. The van der Waals surface area contributed by atoms with E-state index in [0.717, 1.165) is 18.7 Å². The highest BCUT2D eigenvalue weighted by Crippen LogP contribution is 2.31. The molecule has 0 bridgehead atoms. The molecule has 1 amide bonds. The van der Waals surface area contributed by atoms with Gasteiger partial charge >= 0.3 is 0 Å². The Bertz CT molecular complexity index is 907. The van der Waals surface area contributed by atoms with Gasteiger partial charge in [-0.15, -0.1) is 0 Å². The van der Waals surface area contributed by atoms with Gasteiger partial charge in [0.15, 0.2) is 5.82 Å². The van der Waals surface area contributed by atoms with Gasteiger partial charge in [-0.1, -0.05) is 36.4 Å². The molecule has 1 aliphatic heterocycles. The molecule has 0 saturated carbocycles. The summed E-state index contributed by atoms with van der Waals surface area (Å²) in [6.07, 6.45) is 2.06. The molecule has 1 atom stereocenters. The van der Waals surface area contributed by atoms with Crippen LogP contribution in [0.15, 0.2) is 54.6 Å². The highest BCUT2D eigenvalue weighted by atomic mass is 16.3. The lowest BCUT2D eigenvalue weighted by molar-refractivity contribution is -0.117. The first-order valence-corrected chi connectivity index (χ1v) is 8.73. The van der Waals surface area contributed by atoms with E-state index < -0.39 is 0 Å². The van der Waals surface area contributed by atoms with Crippen LogP contribution in [-0.4, -0.2) is 32.7 Å². The molecule has 6 heteroatoms. The van der Waals surface area contributed by atoms with Gasteiger partial charge in [-0.3, -0.25) is 9.89 Å². The van der Waals surface area contributed by atoms with E-state index >= 15 is 0 Å². The second-order valence-corrected chi connectivity index (χ2v) is 6.55. The molecule has 2 N–H and O–H groups in total. The summed E-state index contributed by atoms with van der Waals surface area (Å²) in [7, 11) is 0. The number of anilines is 1. The molecule has 6 nitrogen and oxygen atoms in total. The molecule has 4 rings (SSSR count). The Labute approximate surface area is 151 Å². The number of phenolic OH excluding ortho intramolecular Hbond substituents is 1. The fourth-order valence-electron chi connectivity index (χ4n) is 3.30. The summed E-state index contributed by atoms with van der Waals surface area (Å²) in [5.41, 5.74) is 1.97. The predicted molar refractivity (Wildman–Crippen MR) is 98.1 cm³/mol. The standard InChI is InChI=1S/C20H20N4O2/c25-17-8-4-7-16(12-17)24-13-15(11-19(24)26)20-21-18(22-23-20)10-9-14-5-2-1-3-6-14/h1-8,12,15,25H,9-11,13H2,(H,21,22,23)/t15-/m1/s1. The first kappa shape index (κ1) is 16.3. The molecule has 2 heterocycles. The number of aromatic hydroxyl groups is 1. The largest absolute Gasteiger partial charge is 0.508 e. The van der Waals surface area contributed by atoms with Gasteiger partial charge in [0.1, 0.15) is 11.6 Å². The number of hydrogen-bond donors (Lipinski definition) is 2. The van der Waals surface area contributed by atoms with Crippen molar-refractivity contribution in [3.63, 3.8) is 0 Å². The van der Waals surface area contributed by atoms with E-state index in [1.165, 1.54) is 5.56 Å². The Hall–Kier alpha value is -3.15. The van der Waals surface area contributed by atoms with Crippen molar-refractivity contribution < 1.29 is 9.90 Å². The minimum Gasteiger partial charge on any atom is -0.508 e. The minimum atomic E-state index is -0.0356. The second kappa shape index (κ2) is 7.00. The van der Waals surface area contributed by atoms with Gasteiger partial charge in [0.05, 0.1) is 0 Å². The first-order valence-electron chi connectivity index (χ1n) is 8.73. The van der Waals surface area contributed by atoms with Crippen LogP contribution >= 0.6 is 0 Å². The molecule has 26 heavy (non-hydrogen) atoms. The Kier molecular flexibility index (Phi) is 4.39. The number of carbonyl (C=O) groups excluding carboxylic acids is 1. The normalized spacial score (nSPS) is 17.0. The number of aromatic amines is 1. The van der Waals surface area contributed by atoms with E-state index in [1.807, 2.05) is 24.3 Å². The Morgan fingerprint density at radius 1 is 1.12 bits per heavy atom. The molecule has 0 unspecified atom stereocenters. The molecule has 1 aliphatic rings. The maximum atomic E-state index is 12.4. The maximum Gasteiger partial charge on any atom is 0.227 e. The smallest absolute Gasteiger partial charge is 0.227 e. The van der Waals surface area contributed by atoms with Crippen LogP contribution in [0.25, 0.3) is 0 Å². The van der Waals surface area contributed by atoms with E-state index in [4.69, 9.17) is 0 Å². The number of carbonyl (C=O) groups is 1. The van der Waals surface area contributed by atoms with Gasteiger partial charge in [0.2, 0.25) is 5.91 Å². The Morgan fingerprint density at radius 3 is 2.77 bits per heavy atom. The molecule has 1 fully saturated rings. The number of rotatable bonds is 5. The summed E-state index contributed by atoms with van der Waals surface area (Å²) in [5, 5.41) is 17.0. The second-order valence-electron chi connectivity index (χ2n) is 6.55. The maximum absolute atomic E-state index is 12.4. The van der Waals surface area contributed by atoms with Crippen molar-refractivity contribution in [1.29, 1.82) is 0 Å². The van der Waals surface area contributed by atoms with E-state index in [0.29, 0.717) is 24.5 Å². The molecule has 1 saturated heterocycles. The van der Waals surface area contributed by atoms with E-state index in [2.05, 4.69) is 27.3 Å². The third kappa shape index (κ3) is 3.44. The molecule has 3 aromatic rings. The molecule has 2 aromatic carbocycles. The Balaban J connectivity index is 1.42. The van der Waals surface area contributed by atoms with Crippen LogP contribution in [0.2, 0.25) is 0 Å². The zero-order chi connectivity index (χ0) is 17.9. The van der Waals surface area contributed by atoms with Crippen LogP contribution in [0.4, 0.5) is 5.69 Å². The lowest BCUT2D eigenvalue weighted by Gasteiger charge is -2.16. The van der Waals surface area contributed by atoms with Crippen molar-refractivity contribution in [2.24, 2.45) is 0 Å². The van der Waals surface area contributed by atoms with Crippen LogP contribution in [0.1, 0.15) is 29.6 Å². The van der Waals surface area contributed by atoms with Crippen molar-refractivity contribution in [1.82, 2.24) is 15.2 Å². The predicted octanol–water partition coefficient (Wildman–Crippen LogP) is 2.82. The molecular weight excluding hydrogens is 328 g/mol. The van der Waals surface area contributed by atoms with E-state index in [-0.39, 0.29) is 17.6 Å². The van der Waals surface area contributed by atoms with Crippen LogP contribution in [0.5, 0.6) is 5.75 Å². The molecule has 132 valence electrons. The molecule has 1 aromatic heterocycles. The summed E-state index contributed by atoms with van der Waals surface area (Å²) in [6.45, 7) is 0.526. The van der Waals surface area contributed by atoms with Crippen molar-refractivity contribution in [2.75, 3.05) is 11.4 Å². The Morgan fingerprint density at radius 2 is 1.96 bits per heavy atom. The average molecular weight is 348 g/mol. The number of hydrogen-bond acceptors (Lipinski definition) is 4. The molecular formula is C20H20N4O2. The van der Waals surface area contributed by atoms with Crippen LogP contribution in [-0.2, 0) is 17.6 Å². The number of nitrogens with one attached hydrogen (secondary N) is 1. The van der Waals surface area contributed by atoms with E-state index in [1.54, 1.807) is 23.1 Å². The zero-order valence-corrected chi connectivity index (χ0v) is 14.3. The van der Waals surface area contributed by atoms with Crippen molar-refractivity contribution in [3.8, 4) is 5.75 Å². The first-order chi connectivity index (χ1) is 12.7. The van der Waals surface area contributed by atoms with Crippen molar-refractivity contribution in [2.45, 2.75) is 25.2 Å². The summed E-state index contributed by atoms with van der Waals surface area (Å²) in [4.78, 5) is 18.6. The van der Waals surface area contributed by atoms with E-state index in [9.17, 15) is 9.90 Å². The quantitative estimate of drug-likeness (QED) is 0.743. The van der Waals surface area contributed by atoms with Crippen molar-refractivity contribution in [3.05, 3.63) is 71.8 Å². The fraction of sp³-hybridized carbons (Fsp3) is 0.250. The average Bonchev–Trinajstić information content (AvgIpc) is 3.27. The fourth-order valence-corrected chi connectivity index (χ4v) is 3.30. The topological polar surface area (TPSA) is 82.1 Å². The third-order valence-electron chi connectivity index (χ3n) is 4.67. The SMILES string of the molecule is O=C1C[C@@H](c2n[nH]c(CCc3ccccc3)n2)CN1c1cccc(O)c1. The number of H-pyrrole nitrogens is 1. The van der Waals surface area contributed by atoms with Crippen LogP contribution < -0.4 is 4.90 Å². The molecule has 0 spiro atoms. The lowest BCUT2D eigenvalue weighted by Crippen LogP contribution is -2.24. The van der Waals surface area contributed by atoms with Gasteiger partial charge in [-0.2, -0.15) is 5.10 Å². The van der Waals surface area contributed by atoms with Crippen molar-refractivity contribution >= 4 is 11.6 Å². The number of amides is 1. The van der Waals surface area contributed by atoms with Gasteiger partial charge in [0, 0.05) is 37.1 Å². The lowest BCUT2D eigenvalue weighted by atomic mass is 10.1. The van der Waals surface area contributed by atoms with Gasteiger partial charge in [-0.05, 0) is 24.1 Å². The molecule has 0 aliphatic carbocycles. The summed E-state index contributed by atoms with van der Waals surface area (Å²) in [6, 6.07) is 17.0. The monoisotopic (exact) mass is 348 g/mol. The van der Waals surface area contributed by atoms with Gasteiger partial charge in [-0.25, -0.2) is 4.98 Å². The van der Waals surface area contributed by atoms with Gasteiger partial charge in [0.25, 0.3) is 0 Å². The van der Waals surface area contributed by atoms with Crippen LogP contribution in [0.3, 0.4) is 0 Å². The highest BCUT2D eigenvalue weighted by Gasteiger charge is 2.34. The third-order valence-corrected chi connectivity index (χ3v) is 4.67. The number of aryl methyl sites for hydroxylation is 2.